The third kappa shape index (κ3) is 2.85. The van der Waals surface area contributed by atoms with Crippen LogP contribution in [0, 0.1) is 5.92 Å². The van der Waals surface area contributed by atoms with Crippen LogP contribution in [0.4, 0.5) is 0 Å². The average Bonchev–Trinajstić information content (AvgIpc) is 2.75. The Morgan fingerprint density at radius 3 is 3.00 bits per heavy atom. The van der Waals surface area contributed by atoms with Crippen molar-refractivity contribution in [2.24, 2.45) is 13.0 Å². The van der Waals surface area contributed by atoms with Gasteiger partial charge in [-0.05, 0) is 18.8 Å². The third-order valence-electron chi connectivity index (χ3n) is 4.02. The van der Waals surface area contributed by atoms with E-state index in [4.69, 9.17) is 11.6 Å². The van der Waals surface area contributed by atoms with Crippen molar-refractivity contribution in [1.82, 2.24) is 24.6 Å². The fraction of sp³-hybridized carbons (Fsp3) is 0.571. The topological polar surface area (TPSA) is 63.9 Å². The fourth-order valence-electron chi connectivity index (χ4n) is 2.61. The van der Waals surface area contributed by atoms with Gasteiger partial charge in [0.05, 0.1) is 18.1 Å². The summed E-state index contributed by atoms with van der Waals surface area (Å²) in [4.78, 5) is 22.8. The molecule has 1 aliphatic rings. The molecule has 0 radical (unpaired) electrons. The number of amides is 1. The first-order chi connectivity index (χ1) is 10.0. The van der Waals surface area contributed by atoms with E-state index in [-0.39, 0.29) is 5.91 Å². The second-order valence-corrected chi connectivity index (χ2v) is 6.04. The zero-order valence-corrected chi connectivity index (χ0v) is 13.0. The van der Waals surface area contributed by atoms with E-state index >= 15 is 0 Å². The lowest BCUT2D eigenvalue weighted by Gasteiger charge is -2.19. The average molecular weight is 308 g/mol. The molecule has 2 aromatic rings. The molecule has 112 valence electrons. The van der Waals surface area contributed by atoms with Crippen LogP contribution in [0.1, 0.15) is 32.0 Å². The highest BCUT2D eigenvalue weighted by Gasteiger charge is 2.21. The number of rotatable bonds is 2. The van der Waals surface area contributed by atoms with E-state index < -0.39 is 0 Å². The minimum Gasteiger partial charge on any atom is -0.335 e. The second kappa shape index (κ2) is 5.60. The summed E-state index contributed by atoms with van der Waals surface area (Å²) in [6.07, 6.45) is 4.23. The molecule has 1 atom stereocenters. The van der Waals surface area contributed by atoms with E-state index in [0.29, 0.717) is 35.5 Å². The van der Waals surface area contributed by atoms with E-state index in [1.165, 1.54) is 0 Å². The quantitative estimate of drug-likeness (QED) is 0.798. The predicted molar refractivity (Wildman–Crippen MR) is 79.7 cm³/mol. The van der Waals surface area contributed by atoms with Crippen LogP contribution in [0.3, 0.4) is 0 Å². The fourth-order valence-corrected chi connectivity index (χ4v) is 2.84. The summed E-state index contributed by atoms with van der Waals surface area (Å²) in [6.45, 7) is 3.35. The molecule has 7 heteroatoms. The predicted octanol–water partition coefficient (Wildman–Crippen LogP) is 2.17. The van der Waals surface area contributed by atoms with Crippen LogP contribution in [0.5, 0.6) is 0 Å². The summed E-state index contributed by atoms with van der Waals surface area (Å²) in [6, 6.07) is 0. The molecule has 0 aliphatic carbocycles. The zero-order valence-electron chi connectivity index (χ0n) is 12.2. The van der Waals surface area contributed by atoms with Crippen molar-refractivity contribution >= 4 is 28.5 Å². The van der Waals surface area contributed by atoms with Crippen molar-refractivity contribution in [2.45, 2.75) is 32.7 Å². The summed E-state index contributed by atoms with van der Waals surface area (Å²) >= 11 is 6.18. The molecular formula is C14H18ClN5O. The normalized spacial score (nSPS) is 20.0. The monoisotopic (exact) mass is 307 g/mol. The van der Waals surface area contributed by atoms with Gasteiger partial charge in [-0.2, -0.15) is 5.10 Å². The summed E-state index contributed by atoms with van der Waals surface area (Å²) in [5.74, 6) is 1.33. The Morgan fingerprint density at radius 1 is 1.38 bits per heavy atom. The van der Waals surface area contributed by atoms with E-state index in [2.05, 4.69) is 22.0 Å². The Morgan fingerprint density at radius 2 is 2.19 bits per heavy atom. The van der Waals surface area contributed by atoms with Crippen LogP contribution in [-0.2, 0) is 18.4 Å². The standard InChI is InChI=1S/C14H18ClN5O/c1-9-3-4-12(21)20(6-5-9)8-11-17-13(15)10-7-16-19(2)14(10)18-11/h7,9H,3-6,8H2,1-2H3. The molecule has 0 N–H and O–H groups in total. The molecule has 0 saturated carbocycles. The van der Waals surface area contributed by atoms with Crippen LogP contribution in [0.25, 0.3) is 11.0 Å². The number of halogens is 1. The Hall–Kier alpha value is -1.69. The Balaban J connectivity index is 1.87. The number of nitrogens with zero attached hydrogens (tertiary/aromatic N) is 5. The van der Waals surface area contributed by atoms with Crippen LogP contribution in [-0.4, -0.2) is 37.1 Å². The lowest BCUT2D eigenvalue weighted by Crippen LogP contribution is -2.30. The van der Waals surface area contributed by atoms with Crippen molar-refractivity contribution in [1.29, 1.82) is 0 Å². The first kappa shape index (κ1) is 14.3. The molecule has 0 spiro atoms. The minimum absolute atomic E-state index is 0.171. The van der Waals surface area contributed by atoms with Crippen molar-refractivity contribution in [3.8, 4) is 0 Å². The highest BCUT2D eigenvalue weighted by atomic mass is 35.5. The van der Waals surface area contributed by atoms with Gasteiger partial charge < -0.3 is 4.90 Å². The summed E-state index contributed by atoms with van der Waals surface area (Å²) in [7, 11) is 1.81. The second-order valence-electron chi connectivity index (χ2n) is 5.68. The number of carbonyl (C=O) groups excluding carboxylic acids is 1. The van der Waals surface area contributed by atoms with E-state index in [1.807, 2.05) is 11.9 Å². The summed E-state index contributed by atoms with van der Waals surface area (Å²) in [5.41, 5.74) is 0.695. The Labute approximate surface area is 128 Å². The number of carbonyl (C=O) groups is 1. The van der Waals surface area contributed by atoms with Crippen LogP contribution >= 0.6 is 11.6 Å². The molecule has 1 amide bonds. The van der Waals surface area contributed by atoms with Crippen molar-refractivity contribution in [3.63, 3.8) is 0 Å². The number of likely N-dealkylation sites (tertiary alicyclic amines) is 1. The van der Waals surface area contributed by atoms with Gasteiger partial charge in [-0.25, -0.2) is 9.97 Å². The number of aryl methyl sites for hydroxylation is 1. The minimum atomic E-state index is 0.171. The zero-order chi connectivity index (χ0) is 15.0. The van der Waals surface area contributed by atoms with Gasteiger partial charge in [0.2, 0.25) is 5.91 Å². The first-order valence-electron chi connectivity index (χ1n) is 7.16. The van der Waals surface area contributed by atoms with E-state index in [9.17, 15) is 4.79 Å². The number of hydrogen-bond acceptors (Lipinski definition) is 4. The SMILES string of the molecule is CC1CCC(=O)N(Cc2nc(Cl)c3cnn(C)c3n2)CC1. The molecule has 1 aliphatic heterocycles. The molecule has 0 bridgehead atoms. The number of aromatic nitrogens is 4. The molecule has 1 unspecified atom stereocenters. The van der Waals surface area contributed by atoms with Gasteiger partial charge in [0.15, 0.2) is 11.5 Å². The molecule has 3 heterocycles. The van der Waals surface area contributed by atoms with E-state index in [0.717, 1.165) is 24.8 Å². The van der Waals surface area contributed by atoms with Gasteiger partial charge in [0.1, 0.15) is 5.15 Å². The van der Waals surface area contributed by atoms with Gasteiger partial charge in [-0.1, -0.05) is 18.5 Å². The van der Waals surface area contributed by atoms with Crippen molar-refractivity contribution in [3.05, 3.63) is 17.2 Å². The van der Waals surface area contributed by atoms with Crippen LogP contribution < -0.4 is 0 Å². The van der Waals surface area contributed by atoms with Crippen molar-refractivity contribution < 1.29 is 4.79 Å². The maximum absolute atomic E-state index is 12.1. The summed E-state index contributed by atoms with van der Waals surface area (Å²) in [5, 5.41) is 5.26. The Kier molecular flexibility index (Phi) is 3.80. The number of fused-ring (bicyclic) bond motifs is 1. The lowest BCUT2D eigenvalue weighted by atomic mass is 10.0. The largest absolute Gasteiger partial charge is 0.335 e. The van der Waals surface area contributed by atoms with Gasteiger partial charge in [0.25, 0.3) is 0 Å². The molecule has 21 heavy (non-hydrogen) atoms. The van der Waals surface area contributed by atoms with Crippen LogP contribution in [0.2, 0.25) is 5.15 Å². The van der Waals surface area contributed by atoms with Crippen LogP contribution in [0.15, 0.2) is 6.20 Å². The molecule has 2 aromatic heterocycles. The molecule has 1 saturated heterocycles. The molecule has 1 fully saturated rings. The lowest BCUT2D eigenvalue weighted by molar-refractivity contribution is -0.131. The van der Waals surface area contributed by atoms with Crippen molar-refractivity contribution in [2.75, 3.05) is 6.54 Å². The van der Waals surface area contributed by atoms with Gasteiger partial charge in [0, 0.05) is 20.0 Å². The van der Waals surface area contributed by atoms with Gasteiger partial charge in [-0.3, -0.25) is 9.48 Å². The van der Waals surface area contributed by atoms with Gasteiger partial charge in [-0.15, -0.1) is 0 Å². The van der Waals surface area contributed by atoms with Gasteiger partial charge >= 0.3 is 0 Å². The smallest absolute Gasteiger partial charge is 0.222 e. The first-order valence-corrected chi connectivity index (χ1v) is 7.54. The molecule has 3 rings (SSSR count). The van der Waals surface area contributed by atoms with E-state index in [1.54, 1.807) is 10.9 Å². The highest BCUT2D eigenvalue weighted by Crippen LogP contribution is 2.22. The summed E-state index contributed by atoms with van der Waals surface area (Å²) < 4.78 is 1.67. The number of hydrogen-bond donors (Lipinski definition) is 0. The Bertz CT molecular complexity index is 683. The molecule has 6 nitrogen and oxygen atoms in total. The molecular weight excluding hydrogens is 290 g/mol. The highest BCUT2D eigenvalue weighted by molar-refractivity contribution is 6.33. The maximum atomic E-state index is 12.1. The molecule has 0 aromatic carbocycles. The maximum Gasteiger partial charge on any atom is 0.222 e. The third-order valence-corrected chi connectivity index (χ3v) is 4.31.